The molecule has 1 fully saturated rings. The van der Waals surface area contributed by atoms with E-state index in [-0.39, 0.29) is 5.91 Å². The lowest BCUT2D eigenvalue weighted by atomic mass is 10.2. The van der Waals surface area contributed by atoms with Crippen LogP contribution in [0.15, 0.2) is 23.8 Å². The maximum Gasteiger partial charge on any atom is 0.270 e. The lowest BCUT2D eigenvalue weighted by Gasteiger charge is -2.08. The summed E-state index contributed by atoms with van der Waals surface area (Å²) in [5.74, 6) is -0.211. The third-order valence-electron chi connectivity index (χ3n) is 4.03. The zero-order chi connectivity index (χ0) is 17.6. The van der Waals surface area contributed by atoms with Gasteiger partial charge in [0.15, 0.2) is 0 Å². The van der Waals surface area contributed by atoms with Gasteiger partial charge in [0.1, 0.15) is 16.3 Å². The Labute approximate surface area is 150 Å². The first-order valence-corrected chi connectivity index (χ1v) is 9.19. The van der Waals surface area contributed by atoms with Gasteiger partial charge in [0.05, 0.1) is 11.3 Å². The van der Waals surface area contributed by atoms with E-state index in [0.717, 1.165) is 16.6 Å². The normalized spacial score (nSPS) is 14.0. The number of nitrogens with one attached hydrogen (secondary N) is 3. The molecule has 3 aromatic heterocycles. The van der Waals surface area contributed by atoms with Crippen molar-refractivity contribution in [3.8, 4) is 10.6 Å². The Balaban J connectivity index is 0.000000258. The number of rotatable bonds is 2. The largest absolute Gasteiger partial charge is 0.398 e. The first-order chi connectivity index (χ1) is 12.2. The summed E-state index contributed by atoms with van der Waals surface area (Å²) in [6, 6.07) is 1.87. The summed E-state index contributed by atoms with van der Waals surface area (Å²) in [6.07, 6.45) is 7.67. The fraction of sp³-hybridized carbons (Fsp3) is 0.353. The Bertz CT molecular complexity index is 840. The van der Waals surface area contributed by atoms with Crippen molar-refractivity contribution in [2.24, 2.45) is 0 Å². The highest BCUT2D eigenvalue weighted by Crippen LogP contribution is 2.32. The number of pyridine rings is 1. The molecule has 1 aliphatic rings. The van der Waals surface area contributed by atoms with Crippen LogP contribution in [0.3, 0.4) is 0 Å². The molecule has 0 aliphatic carbocycles. The zero-order valence-electron chi connectivity index (χ0n) is 14.1. The van der Waals surface area contributed by atoms with Crippen molar-refractivity contribution in [2.45, 2.75) is 19.3 Å². The molecule has 4 rings (SSSR count). The van der Waals surface area contributed by atoms with Gasteiger partial charge >= 0.3 is 0 Å². The number of hydrogen-bond donors (Lipinski definition) is 4. The predicted octanol–water partition coefficient (Wildman–Crippen LogP) is 2.39. The van der Waals surface area contributed by atoms with Crippen molar-refractivity contribution in [3.63, 3.8) is 0 Å². The maximum atomic E-state index is 11.5. The molecule has 0 aromatic carbocycles. The molecule has 0 unspecified atom stereocenters. The van der Waals surface area contributed by atoms with Gasteiger partial charge in [-0.2, -0.15) is 0 Å². The number of aromatic nitrogens is 3. The molecule has 0 saturated carbocycles. The smallest absolute Gasteiger partial charge is 0.270 e. The average molecular weight is 358 g/mol. The minimum absolute atomic E-state index is 0.211. The summed E-state index contributed by atoms with van der Waals surface area (Å²) in [7, 11) is 1.57. The monoisotopic (exact) mass is 358 g/mol. The van der Waals surface area contributed by atoms with Crippen molar-refractivity contribution < 1.29 is 4.79 Å². The summed E-state index contributed by atoms with van der Waals surface area (Å²) in [6.45, 7) is 2.50. The fourth-order valence-electron chi connectivity index (χ4n) is 2.63. The number of H-pyrrole nitrogens is 1. The molecule has 0 radical (unpaired) electrons. The summed E-state index contributed by atoms with van der Waals surface area (Å²) in [5.41, 5.74) is 8.60. The molecule has 4 heterocycles. The second-order valence-electron chi connectivity index (χ2n) is 5.75. The minimum Gasteiger partial charge on any atom is -0.398 e. The van der Waals surface area contributed by atoms with E-state index in [1.807, 2.05) is 6.07 Å². The fourth-order valence-corrected chi connectivity index (χ4v) is 3.45. The van der Waals surface area contributed by atoms with Crippen LogP contribution < -0.4 is 16.4 Å². The van der Waals surface area contributed by atoms with Gasteiger partial charge in [-0.3, -0.25) is 4.79 Å². The Morgan fingerprint density at radius 2 is 2.12 bits per heavy atom. The van der Waals surface area contributed by atoms with E-state index in [1.165, 1.54) is 43.7 Å². The highest BCUT2D eigenvalue weighted by atomic mass is 32.1. The Morgan fingerprint density at radius 3 is 2.76 bits per heavy atom. The lowest BCUT2D eigenvalue weighted by molar-refractivity contribution is 0.0959. The molecule has 1 aliphatic heterocycles. The zero-order valence-corrected chi connectivity index (χ0v) is 14.9. The van der Waals surface area contributed by atoms with Gasteiger partial charge in [0, 0.05) is 30.2 Å². The van der Waals surface area contributed by atoms with E-state index in [0.29, 0.717) is 16.4 Å². The summed E-state index contributed by atoms with van der Waals surface area (Å²) >= 11 is 1.37. The molecule has 5 N–H and O–H groups in total. The van der Waals surface area contributed by atoms with Crippen LogP contribution in [0.1, 0.15) is 29.8 Å². The van der Waals surface area contributed by atoms with Gasteiger partial charge in [0.25, 0.3) is 5.91 Å². The highest BCUT2D eigenvalue weighted by Gasteiger charge is 2.14. The number of fused-ring (bicyclic) bond motifs is 1. The van der Waals surface area contributed by atoms with Gasteiger partial charge < -0.3 is 21.4 Å². The Morgan fingerprint density at radius 1 is 1.32 bits per heavy atom. The summed E-state index contributed by atoms with van der Waals surface area (Å²) in [4.78, 5) is 23.1. The van der Waals surface area contributed by atoms with E-state index in [2.05, 4.69) is 25.6 Å². The molecule has 7 nitrogen and oxygen atoms in total. The van der Waals surface area contributed by atoms with Gasteiger partial charge in [-0.05, 0) is 32.0 Å². The van der Waals surface area contributed by atoms with E-state index in [1.54, 1.807) is 24.8 Å². The van der Waals surface area contributed by atoms with Crippen molar-refractivity contribution in [1.82, 2.24) is 25.6 Å². The molecule has 1 saturated heterocycles. The van der Waals surface area contributed by atoms with Crippen LogP contribution in [-0.2, 0) is 0 Å². The van der Waals surface area contributed by atoms with Gasteiger partial charge in [-0.1, -0.05) is 6.42 Å². The van der Waals surface area contributed by atoms with Crippen LogP contribution in [0, 0.1) is 0 Å². The molecule has 3 aromatic rings. The van der Waals surface area contributed by atoms with E-state index < -0.39 is 0 Å². The van der Waals surface area contributed by atoms with Crippen LogP contribution in [-0.4, -0.2) is 41.0 Å². The number of nitrogen functional groups attached to an aromatic ring is 1. The van der Waals surface area contributed by atoms with Crippen LogP contribution in [0.25, 0.3) is 21.6 Å². The second-order valence-corrected chi connectivity index (χ2v) is 6.61. The first kappa shape index (κ1) is 17.4. The van der Waals surface area contributed by atoms with Crippen LogP contribution in [0.5, 0.6) is 0 Å². The van der Waals surface area contributed by atoms with Crippen molar-refractivity contribution in [1.29, 1.82) is 0 Å². The molecular weight excluding hydrogens is 336 g/mol. The third-order valence-corrected chi connectivity index (χ3v) is 4.91. The number of thiazole rings is 1. The van der Waals surface area contributed by atoms with Gasteiger partial charge in [-0.25, -0.2) is 9.97 Å². The Hall–Kier alpha value is -2.45. The van der Waals surface area contributed by atoms with Crippen LogP contribution >= 0.6 is 11.3 Å². The molecule has 25 heavy (non-hydrogen) atoms. The maximum absolute atomic E-state index is 11.5. The quantitative estimate of drug-likeness (QED) is 0.562. The molecule has 0 atom stereocenters. The number of piperidine rings is 1. The van der Waals surface area contributed by atoms with Crippen molar-refractivity contribution >= 4 is 34.0 Å². The summed E-state index contributed by atoms with van der Waals surface area (Å²) in [5, 5.41) is 9.07. The number of carbonyl (C=O) groups excluding carboxylic acids is 1. The number of carbonyl (C=O) groups is 1. The van der Waals surface area contributed by atoms with Crippen molar-refractivity contribution in [3.05, 3.63) is 29.5 Å². The number of anilines is 1. The average Bonchev–Trinajstić information content (AvgIpc) is 3.33. The summed E-state index contributed by atoms with van der Waals surface area (Å²) < 4.78 is 0. The number of amides is 1. The Kier molecular flexibility index (Phi) is 5.62. The lowest BCUT2D eigenvalue weighted by Crippen LogP contribution is -2.21. The van der Waals surface area contributed by atoms with Gasteiger partial charge in [0.2, 0.25) is 0 Å². The number of aromatic amines is 1. The third kappa shape index (κ3) is 3.97. The molecule has 0 spiro atoms. The van der Waals surface area contributed by atoms with E-state index in [4.69, 9.17) is 5.73 Å². The topological polar surface area (TPSA) is 109 Å². The number of nitrogens with zero attached hydrogens (tertiary/aromatic N) is 2. The predicted molar refractivity (Wildman–Crippen MR) is 102 cm³/mol. The van der Waals surface area contributed by atoms with Gasteiger partial charge in [-0.15, -0.1) is 11.3 Å². The highest BCUT2D eigenvalue weighted by molar-refractivity contribution is 7.13. The van der Waals surface area contributed by atoms with E-state index >= 15 is 0 Å². The molecule has 8 heteroatoms. The van der Waals surface area contributed by atoms with Crippen molar-refractivity contribution in [2.75, 3.05) is 25.9 Å². The second kappa shape index (κ2) is 8.09. The SMILES string of the molecule is C1CCNCC1.CNC(=O)c1csc(-c2cnc3[nH]ccc3c2N)n1. The molecule has 1 amide bonds. The number of nitrogens with two attached hydrogens (primary N) is 1. The van der Waals surface area contributed by atoms with Crippen LogP contribution in [0.2, 0.25) is 0 Å². The molecule has 0 bridgehead atoms. The van der Waals surface area contributed by atoms with E-state index in [9.17, 15) is 4.79 Å². The minimum atomic E-state index is -0.211. The van der Waals surface area contributed by atoms with Crippen LogP contribution in [0.4, 0.5) is 5.69 Å². The first-order valence-electron chi connectivity index (χ1n) is 8.31. The number of hydrogen-bond acceptors (Lipinski definition) is 6. The molecule has 132 valence electrons. The molecular formula is C17H22N6OS. The standard InChI is InChI=1S/C12H11N5OS.C5H11N/c1-14-11(18)8-5-19-12(17-8)7-4-16-10-6(9(7)13)2-3-15-10;1-2-4-6-5-3-1/h2-5H,1H3,(H,14,18)(H3,13,15,16);6H,1-5H2.